The van der Waals surface area contributed by atoms with Crippen molar-refractivity contribution in [3.8, 4) is 5.75 Å². The van der Waals surface area contributed by atoms with Crippen molar-refractivity contribution in [1.29, 1.82) is 0 Å². The monoisotopic (exact) mass is 394 g/mol. The average Bonchev–Trinajstić information content (AvgIpc) is 3.17. The first-order valence-electron chi connectivity index (χ1n) is 9.85. The fraction of sp³-hybridized carbons (Fsp3) is 0.304. The molecule has 3 rings (SSSR count). The van der Waals surface area contributed by atoms with Gasteiger partial charge in [0.15, 0.2) is 0 Å². The highest BCUT2D eigenvalue weighted by Crippen LogP contribution is 2.23. The SMILES string of the molecule is CCCCOc1ccc(C(=O)NCC(=O)N[C@@H](C)c2cc3ccccc3o2)cc1. The highest BCUT2D eigenvalue weighted by atomic mass is 16.5. The van der Waals surface area contributed by atoms with Gasteiger partial charge in [-0.15, -0.1) is 0 Å². The standard InChI is InChI=1S/C23H26N2O4/c1-3-4-13-28-19-11-9-17(10-12-19)23(27)24-15-22(26)25-16(2)21-14-18-7-5-6-8-20(18)29-21/h5-12,14,16H,3-4,13,15H2,1-2H3,(H,24,27)(H,25,26)/t16-/m0/s1. The van der Waals surface area contributed by atoms with Crippen LogP contribution in [0.1, 0.15) is 48.8 Å². The van der Waals surface area contributed by atoms with Crippen molar-refractivity contribution in [3.63, 3.8) is 0 Å². The Morgan fingerprint density at radius 1 is 1.10 bits per heavy atom. The summed E-state index contributed by atoms with van der Waals surface area (Å²) in [5, 5.41) is 6.45. The van der Waals surface area contributed by atoms with E-state index in [0.717, 1.165) is 29.6 Å². The Kier molecular flexibility index (Phi) is 6.89. The number of furan rings is 1. The first-order valence-corrected chi connectivity index (χ1v) is 9.85. The molecule has 1 aromatic heterocycles. The van der Waals surface area contributed by atoms with E-state index in [1.165, 1.54) is 0 Å². The predicted molar refractivity (Wildman–Crippen MR) is 112 cm³/mol. The Morgan fingerprint density at radius 3 is 2.59 bits per heavy atom. The molecule has 2 N–H and O–H groups in total. The molecule has 1 heterocycles. The first kappa shape index (κ1) is 20.5. The smallest absolute Gasteiger partial charge is 0.251 e. The lowest BCUT2D eigenvalue weighted by Crippen LogP contribution is -2.37. The number of rotatable bonds is 9. The zero-order chi connectivity index (χ0) is 20.6. The molecule has 2 aromatic carbocycles. The number of unbranched alkanes of at least 4 members (excludes halogenated alkanes) is 1. The lowest BCUT2D eigenvalue weighted by atomic mass is 10.2. The van der Waals surface area contributed by atoms with Gasteiger partial charge in [0.2, 0.25) is 5.91 Å². The van der Waals surface area contributed by atoms with Gasteiger partial charge in [-0.3, -0.25) is 9.59 Å². The molecular weight excluding hydrogens is 368 g/mol. The van der Waals surface area contributed by atoms with Crippen LogP contribution >= 0.6 is 0 Å². The van der Waals surface area contributed by atoms with Gasteiger partial charge in [0.1, 0.15) is 17.1 Å². The third-order valence-electron chi connectivity index (χ3n) is 4.54. The number of carbonyl (C=O) groups is 2. The third kappa shape index (κ3) is 5.60. The van der Waals surface area contributed by atoms with Gasteiger partial charge in [0.25, 0.3) is 5.91 Å². The molecule has 6 nitrogen and oxygen atoms in total. The Hall–Kier alpha value is -3.28. The number of hydrogen-bond acceptors (Lipinski definition) is 4. The summed E-state index contributed by atoms with van der Waals surface area (Å²) < 4.78 is 11.3. The molecule has 0 radical (unpaired) electrons. The minimum atomic E-state index is -0.309. The second-order valence-electron chi connectivity index (χ2n) is 6.88. The summed E-state index contributed by atoms with van der Waals surface area (Å²) in [6, 6.07) is 16.2. The molecule has 152 valence electrons. The van der Waals surface area contributed by atoms with Crippen molar-refractivity contribution in [2.75, 3.05) is 13.2 Å². The molecule has 0 fully saturated rings. The van der Waals surface area contributed by atoms with Crippen LogP contribution in [0, 0.1) is 0 Å². The second-order valence-corrected chi connectivity index (χ2v) is 6.88. The number of carbonyl (C=O) groups excluding carboxylic acids is 2. The van der Waals surface area contributed by atoms with Crippen LogP contribution in [-0.4, -0.2) is 25.0 Å². The molecule has 29 heavy (non-hydrogen) atoms. The summed E-state index contributed by atoms with van der Waals surface area (Å²) in [4.78, 5) is 24.4. The van der Waals surface area contributed by atoms with E-state index in [2.05, 4.69) is 17.6 Å². The largest absolute Gasteiger partial charge is 0.494 e. The van der Waals surface area contributed by atoms with Crippen molar-refractivity contribution < 1.29 is 18.7 Å². The number of benzene rings is 2. The van der Waals surface area contributed by atoms with E-state index in [4.69, 9.17) is 9.15 Å². The predicted octanol–water partition coefficient (Wildman–Crippen LogP) is 4.22. The minimum Gasteiger partial charge on any atom is -0.494 e. The molecule has 0 spiro atoms. The van der Waals surface area contributed by atoms with E-state index in [1.54, 1.807) is 24.3 Å². The van der Waals surface area contributed by atoms with Crippen molar-refractivity contribution in [3.05, 3.63) is 65.9 Å². The van der Waals surface area contributed by atoms with Gasteiger partial charge in [-0.2, -0.15) is 0 Å². The molecule has 0 aliphatic rings. The minimum absolute atomic E-state index is 0.113. The number of fused-ring (bicyclic) bond motifs is 1. The molecule has 0 unspecified atom stereocenters. The number of amides is 2. The number of hydrogen-bond donors (Lipinski definition) is 2. The second kappa shape index (κ2) is 9.78. The summed E-state index contributed by atoms with van der Waals surface area (Å²) in [5.41, 5.74) is 1.25. The molecular formula is C23H26N2O4. The van der Waals surface area contributed by atoms with Crippen LogP contribution in [0.2, 0.25) is 0 Å². The lowest BCUT2D eigenvalue weighted by Gasteiger charge is -2.12. The maximum absolute atomic E-state index is 12.2. The van der Waals surface area contributed by atoms with Crippen molar-refractivity contribution in [1.82, 2.24) is 10.6 Å². The van der Waals surface area contributed by atoms with Crippen LogP contribution in [-0.2, 0) is 4.79 Å². The van der Waals surface area contributed by atoms with Crippen LogP contribution in [0.3, 0.4) is 0 Å². The van der Waals surface area contributed by atoms with Gasteiger partial charge in [-0.25, -0.2) is 0 Å². The highest BCUT2D eigenvalue weighted by molar-refractivity contribution is 5.96. The number of para-hydroxylation sites is 1. The lowest BCUT2D eigenvalue weighted by molar-refractivity contribution is -0.120. The molecule has 0 aliphatic carbocycles. The Bertz CT molecular complexity index is 929. The van der Waals surface area contributed by atoms with Gasteiger partial charge < -0.3 is 19.8 Å². The summed E-state index contributed by atoms with van der Waals surface area (Å²) in [6.45, 7) is 4.49. The summed E-state index contributed by atoms with van der Waals surface area (Å²) in [7, 11) is 0. The summed E-state index contributed by atoms with van der Waals surface area (Å²) >= 11 is 0. The van der Waals surface area contributed by atoms with Gasteiger partial charge in [-0.1, -0.05) is 31.5 Å². The molecule has 3 aromatic rings. The molecule has 6 heteroatoms. The quantitative estimate of drug-likeness (QED) is 0.533. The molecule has 0 aliphatic heterocycles. The maximum atomic E-state index is 12.2. The Balaban J connectivity index is 1.47. The topological polar surface area (TPSA) is 80.6 Å². The zero-order valence-electron chi connectivity index (χ0n) is 16.7. The summed E-state index contributed by atoms with van der Waals surface area (Å²) in [5.74, 6) is 0.805. The van der Waals surface area contributed by atoms with E-state index in [9.17, 15) is 9.59 Å². The van der Waals surface area contributed by atoms with Gasteiger partial charge in [-0.05, 0) is 49.7 Å². The van der Waals surface area contributed by atoms with E-state index >= 15 is 0 Å². The van der Waals surface area contributed by atoms with Crippen molar-refractivity contribution in [2.45, 2.75) is 32.7 Å². The summed E-state index contributed by atoms with van der Waals surface area (Å²) in [6.07, 6.45) is 2.06. The maximum Gasteiger partial charge on any atom is 0.251 e. The number of nitrogens with one attached hydrogen (secondary N) is 2. The fourth-order valence-corrected chi connectivity index (χ4v) is 2.88. The Morgan fingerprint density at radius 2 is 1.86 bits per heavy atom. The fourth-order valence-electron chi connectivity index (χ4n) is 2.88. The third-order valence-corrected chi connectivity index (χ3v) is 4.54. The normalized spacial score (nSPS) is 11.8. The number of ether oxygens (including phenoxy) is 1. The van der Waals surface area contributed by atoms with Crippen LogP contribution in [0.15, 0.2) is 59.0 Å². The van der Waals surface area contributed by atoms with Gasteiger partial charge in [0.05, 0.1) is 19.2 Å². The van der Waals surface area contributed by atoms with Crippen molar-refractivity contribution in [2.24, 2.45) is 0 Å². The molecule has 0 bridgehead atoms. The van der Waals surface area contributed by atoms with Crippen molar-refractivity contribution >= 4 is 22.8 Å². The van der Waals surface area contributed by atoms with E-state index in [1.807, 2.05) is 37.3 Å². The van der Waals surface area contributed by atoms with Crippen LogP contribution in [0.25, 0.3) is 11.0 Å². The van der Waals surface area contributed by atoms with Gasteiger partial charge in [0, 0.05) is 10.9 Å². The first-order chi connectivity index (χ1) is 14.1. The molecule has 1 atom stereocenters. The van der Waals surface area contributed by atoms with E-state index in [-0.39, 0.29) is 24.4 Å². The molecule has 0 saturated heterocycles. The van der Waals surface area contributed by atoms with Gasteiger partial charge >= 0.3 is 0 Å². The average molecular weight is 394 g/mol. The van der Waals surface area contributed by atoms with Crippen LogP contribution in [0.4, 0.5) is 0 Å². The molecule has 0 saturated carbocycles. The van der Waals surface area contributed by atoms with E-state index < -0.39 is 0 Å². The van der Waals surface area contributed by atoms with Crippen LogP contribution in [0.5, 0.6) is 5.75 Å². The Labute approximate surface area is 170 Å². The molecule has 2 amide bonds. The zero-order valence-corrected chi connectivity index (χ0v) is 16.7. The van der Waals surface area contributed by atoms with Crippen LogP contribution < -0.4 is 15.4 Å². The highest BCUT2D eigenvalue weighted by Gasteiger charge is 2.15. The van der Waals surface area contributed by atoms with E-state index in [0.29, 0.717) is 17.9 Å².